The number of aromatic amines is 2. The molecule has 8 rings (SSSR count). The van der Waals surface area contributed by atoms with Gasteiger partial charge in [-0.2, -0.15) is 0 Å². The monoisotopic (exact) mass is 624 g/mol. The summed E-state index contributed by atoms with van der Waals surface area (Å²) < 4.78 is 0. The van der Waals surface area contributed by atoms with E-state index in [0.717, 1.165) is 98.6 Å². The fourth-order valence-electron chi connectivity index (χ4n) is 6.86. The molecule has 46 heavy (non-hydrogen) atoms. The minimum absolute atomic E-state index is 0.0155. The van der Waals surface area contributed by atoms with Gasteiger partial charge in [-0.3, -0.25) is 19.4 Å². The number of carbonyl (C=O) groups excluding carboxylic acids is 2. The van der Waals surface area contributed by atoms with Crippen molar-refractivity contribution < 1.29 is 9.59 Å². The molecule has 2 aromatic heterocycles. The normalized spacial score (nSPS) is 19.2. The number of amides is 2. The zero-order valence-electron chi connectivity index (χ0n) is 27.3. The highest BCUT2D eigenvalue weighted by atomic mass is 16.2. The summed E-state index contributed by atoms with van der Waals surface area (Å²) >= 11 is 0. The number of nitrogens with zero attached hydrogens (tertiary/aromatic N) is 4. The van der Waals surface area contributed by atoms with E-state index in [2.05, 4.69) is 54.2 Å². The second kappa shape index (κ2) is 12.8. The molecule has 10 nitrogen and oxygen atoms in total. The van der Waals surface area contributed by atoms with Crippen molar-refractivity contribution in [3.8, 4) is 0 Å². The van der Waals surface area contributed by atoms with E-state index in [1.54, 1.807) is 12.7 Å². The zero-order chi connectivity index (χ0) is 31.7. The summed E-state index contributed by atoms with van der Waals surface area (Å²) in [4.78, 5) is 45.4. The lowest BCUT2D eigenvalue weighted by Gasteiger charge is -2.33. The molecular formula is C36H48N8O2. The van der Waals surface area contributed by atoms with Gasteiger partial charge in [0.1, 0.15) is 11.0 Å². The molecular weight excluding hydrogens is 576 g/mol. The van der Waals surface area contributed by atoms with Crippen LogP contribution in [0.25, 0.3) is 22.1 Å². The molecule has 0 unspecified atom stereocenters. The molecule has 244 valence electrons. The van der Waals surface area contributed by atoms with E-state index in [-0.39, 0.29) is 23.1 Å². The molecule has 4 N–H and O–H groups in total. The van der Waals surface area contributed by atoms with Gasteiger partial charge in [-0.15, -0.1) is 0 Å². The van der Waals surface area contributed by atoms with Crippen LogP contribution in [0.3, 0.4) is 0 Å². The summed E-state index contributed by atoms with van der Waals surface area (Å²) in [5, 5.41) is 6.63. The second-order valence-corrected chi connectivity index (χ2v) is 14.0. The molecule has 4 aliphatic rings. The number of hydrogen-bond acceptors (Lipinski definition) is 6. The first-order chi connectivity index (χ1) is 22.4. The number of benzene rings is 2. The van der Waals surface area contributed by atoms with E-state index in [0.29, 0.717) is 11.1 Å². The number of imidazole rings is 2. The maximum atomic E-state index is 12.9. The van der Waals surface area contributed by atoms with Crippen molar-refractivity contribution in [2.75, 3.05) is 26.2 Å². The Morgan fingerprint density at radius 1 is 0.717 bits per heavy atom. The Kier molecular flexibility index (Phi) is 8.59. The Labute approximate surface area is 271 Å². The lowest BCUT2D eigenvalue weighted by Crippen LogP contribution is -2.52. The lowest BCUT2D eigenvalue weighted by molar-refractivity contribution is 0.0786. The number of fused-ring (bicyclic) bond motifs is 2. The average molecular weight is 625 g/mol. The van der Waals surface area contributed by atoms with Crippen molar-refractivity contribution in [3.05, 3.63) is 60.2 Å². The summed E-state index contributed by atoms with van der Waals surface area (Å²) in [5.41, 5.74) is 4.42. The molecule has 4 aromatic rings. The molecule has 4 fully saturated rings. The topological polar surface area (TPSA) is 122 Å². The molecule has 2 amide bonds. The molecule has 0 spiro atoms. The molecule has 0 radical (unpaired) electrons. The number of para-hydroxylation sites is 2. The Balaban J connectivity index is 0.000000148. The number of rotatable bonds is 14. The second-order valence-electron chi connectivity index (χ2n) is 14.0. The molecule has 2 aromatic carbocycles. The van der Waals surface area contributed by atoms with Crippen LogP contribution in [-0.4, -0.2) is 79.1 Å². The summed E-state index contributed by atoms with van der Waals surface area (Å²) in [6.45, 7) is 8.74. The van der Waals surface area contributed by atoms with Gasteiger partial charge in [-0.25, -0.2) is 9.97 Å². The smallest absolute Gasteiger partial charge is 0.254 e. The van der Waals surface area contributed by atoms with E-state index in [1.807, 2.05) is 36.4 Å². The summed E-state index contributed by atoms with van der Waals surface area (Å²) in [6.07, 6.45) is 15.2. The van der Waals surface area contributed by atoms with Crippen molar-refractivity contribution in [2.45, 2.75) is 89.4 Å². The Morgan fingerprint density at radius 3 is 1.54 bits per heavy atom. The summed E-state index contributed by atoms with van der Waals surface area (Å²) in [7, 11) is 0. The van der Waals surface area contributed by atoms with Gasteiger partial charge in [-0.1, -0.05) is 26.0 Å². The number of hydrogen-bond donors (Lipinski definition) is 4. The summed E-state index contributed by atoms with van der Waals surface area (Å²) in [5.74, 6) is 1.70. The van der Waals surface area contributed by atoms with E-state index in [4.69, 9.17) is 0 Å². The third kappa shape index (κ3) is 6.69. The molecule has 0 bridgehead atoms. The highest BCUT2D eigenvalue weighted by Gasteiger charge is 2.52. The van der Waals surface area contributed by atoms with E-state index >= 15 is 0 Å². The highest BCUT2D eigenvalue weighted by molar-refractivity contribution is 6.06. The van der Waals surface area contributed by atoms with Crippen LogP contribution in [0.1, 0.15) is 98.8 Å². The van der Waals surface area contributed by atoms with Crippen LogP contribution in [-0.2, 0) is 0 Å². The number of aromatic nitrogens is 4. The van der Waals surface area contributed by atoms with Gasteiger partial charge in [0.05, 0.1) is 46.1 Å². The highest BCUT2D eigenvalue weighted by Crippen LogP contribution is 2.45. The molecule has 4 aliphatic carbocycles. The van der Waals surface area contributed by atoms with E-state index < -0.39 is 0 Å². The molecule has 2 heterocycles. The predicted octanol–water partition coefficient (Wildman–Crippen LogP) is 5.81. The van der Waals surface area contributed by atoms with Gasteiger partial charge >= 0.3 is 0 Å². The number of carbonyl (C=O) groups is 2. The molecule has 0 aliphatic heterocycles. The van der Waals surface area contributed by atoms with Crippen LogP contribution in [0.15, 0.2) is 49.1 Å². The van der Waals surface area contributed by atoms with Crippen LogP contribution in [0.2, 0.25) is 0 Å². The van der Waals surface area contributed by atoms with Crippen molar-refractivity contribution in [2.24, 2.45) is 11.8 Å². The Hall–Kier alpha value is -3.76. The van der Waals surface area contributed by atoms with Crippen molar-refractivity contribution in [3.63, 3.8) is 0 Å². The fraction of sp³-hybridized carbons (Fsp3) is 0.556. The molecule has 0 atom stereocenters. The van der Waals surface area contributed by atoms with Gasteiger partial charge in [0.15, 0.2) is 0 Å². The number of nitrogens with one attached hydrogen (secondary N) is 4. The minimum atomic E-state index is -0.137. The first kappa shape index (κ1) is 30.9. The van der Waals surface area contributed by atoms with Gasteiger partial charge in [-0.05, 0) is 100 Å². The number of H-pyrrole nitrogens is 2. The van der Waals surface area contributed by atoms with Gasteiger partial charge < -0.3 is 20.6 Å². The predicted molar refractivity (Wildman–Crippen MR) is 180 cm³/mol. The molecule has 10 heteroatoms. The Morgan fingerprint density at radius 2 is 1.15 bits per heavy atom. The first-order valence-electron chi connectivity index (χ1n) is 17.4. The van der Waals surface area contributed by atoms with Gasteiger partial charge in [0.2, 0.25) is 0 Å². The first-order valence-corrected chi connectivity index (χ1v) is 17.4. The van der Waals surface area contributed by atoms with Crippen molar-refractivity contribution in [1.29, 1.82) is 0 Å². The lowest BCUT2D eigenvalue weighted by atomic mass is 10.1. The summed E-state index contributed by atoms with van der Waals surface area (Å²) in [6, 6.07) is 11.4. The maximum Gasteiger partial charge on any atom is 0.254 e. The van der Waals surface area contributed by atoms with Crippen LogP contribution in [0, 0.1) is 11.8 Å². The minimum Gasteiger partial charge on any atom is -0.345 e. The maximum absolute atomic E-state index is 12.9. The SMILES string of the molecule is CCCN(CCC)C1(NC(=O)c2cccc3[nH]cnc23)CC1.O=C(NC1(N(CC2CC2)CC2CC2)CC1)c1cccc2[nH]cnc12. The van der Waals surface area contributed by atoms with Crippen LogP contribution >= 0.6 is 0 Å². The third-order valence-corrected chi connectivity index (χ3v) is 10.1. The van der Waals surface area contributed by atoms with Crippen molar-refractivity contribution >= 4 is 33.9 Å². The zero-order valence-corrected chi connectivity index (χ0v) is 27.3. The molecule has 0 saturated heterocycles. The van der Waals surface area contributed by atoms with Crippen LogP contribution in [0.5, 0.6) is 0 Å². The average Bonchev–Trinajstić information content (AvgIpc) is 3.90. The van der Waals surface area contributed by atoms with Crippen LogP contribution in [0.4, 0.5) is 0 Å². The Bertz CT molecular complexity index is 1660. The largest absolute Gasteiger partial charge is 0.345 e. The fourth-order valence-corrected chi connectivity index (χ4v) is 6.86. The standard InChI is InChI=1S/C19H24N4O.C17H24N4O/c24-18(15-2-1-3-16-17(15)21-12-20-16)22-19(8-9-19)23(10-13-4-5-13)11-14-6-7-14;1-3-10-21(11-4-2)17(8-9-17)20-16(22)13-6-5-7-14-15(13)19-12-18-14/h1-3,12-14H,4-11H2,(H,20,21)(H,22,24);5-7,12H,3-4,8-11H2,1-2H3,(H,18,19)(H,20,22). The quantitative estimate of drug-likeness (QED) is 0.131. The van der Waals surface area contributed by atoms with Gasteiger partial charge in [0, 0.05) is 26.2 Å². The third-order valence-electron chi connectivity index (χ3n) is 10.1. The van der Waals surface area contributed by atoms with E-state index in [9.17, 15) is 9.59 Å². The van der Waals surface area contributed by atoms with E-state index in [1.165, 1.54) is 25.7 Å². The van der Waals surface area contributed by atoms with Gasteiger partial charge in [0.25, 0.3) is 11.8 Å². The van der Waals surface area contributed by atoms with Crippen LogP contribution < -0.4 is 10.6 Å². The van der Waals surface area contributed by atoms with Crippen molar-refractivity contribution in [1.82, 2.24) is 40.4 Å². The molecule has 4 saturated carbocycles.